The van der Waals surface area contributed by atoms with Crippen molar-refractivity contribution in [3.05, 3.63) is 30.4 Å². The monoisotopic (exact) mass is 376 g/mol. The van der Waals surface area contributed by atoms with Crippen LogP contribution in [0.25, 0.3) is 0 Å². The molecular formula is C24H40O3. The third-order valence-electron chi connectivity index (χ3n) is 4.89. The number of ether oxygens (including phenoxy) is 1. The lowest BCUT2D eigenvalue weighted by Gasteiger charge is -2.08. The Kier molecular flexibility index (Phi) is 14.3. The zero-order chi connectivity index (χ0) is 19.6. The normalized spacial score (nSPS) is 11.3. The lowest BCUT2D eigenvalue weighted by Crippen LogP contribution is -1.97. The molecule has 0 fully saturated rings. The summed E-state index contributed by atoms with van der Waals surface area (Å²) in [5.41, 5.74) is 0. The summed E-state index contributed by atoms with van der Waals surface area (Å²) >= 11 is 0. The minimum absolute atomic E-state index is 0.131. The quantitative estimate of drug-likeness (QED) is 0.168. The molecule has 0 atom stereocenters. The van der Waals surface area contributed by atoms with E-state index in [2.05, 4.69) is 19.1 Å². The standard InChI is InChI=1S/C24H40O3/c1-2-3-4-5-6-7-8-9-10-11-12-13-14-15-16-17-21-27-23-20-18-19-22(25)24(23)26/h9-10,18-20,25-26H,2-8,11-17,21H2,1H3/b10-9-. The topological polar surface area (TPSA) is 49.7 Å². The van der Waals surface area contributed by atoms with E-state index in [-0.39, 0.29) is 11.5 Å². The Morgan fingerprint density at radius 2 is 1.30 bits per heavy atom. The van der Waals surface area contributed by atoms with Crippen LogP contribution in [0.15, 0.2) is 30.4 Å². The highest BCUT2D eigenvalue weighted by Gasteiger charge is 2.06. The van der Waals surface area contributed by atoms with Gasteiger partial charge >= 0.3 is 0 Å². The van der Waals surface area contributed by atoms with Crippen LogP contribution in [-0.4, -0.2) is 16.8 Å². The molecule has 0 saturated carbocycles. The van der Waals surface area contributed by atoms with Gasteiger partial charge in [0, 0.05) is 0 Å². The summed E-state index contributed by atoms with van der Waals surface area (Å²) in [6.07, 6.45) is 22.7. The van der Waals surface area contributed by atoms with Crippen molar-refractivity contribution in [2.45, 2.75) is 96.8 Å². The Hall–Kier alpha value is -1.64. The fraction of sp³-hybridized carbons (Fsp3) is 0.667. The van der Waals surface area contributed by atoms with Gasteiger partial charge in [-0.1, -0.05) is 82.9 Å². The lowest BCUT2D eigenvalue weighted by atomic mass is 10.1. The van der Waals surface area contributed by atoms with Crippen LogP contribution in [0.5, 0.6) is 17.2 Å². The van der Waals surface area contributed by atoms with Gasteiger partial charge < -0.3 is 14.9 Å². The van der Waals surface area contributed by atoms with Crippen molar-refractivity contribution >= 4 is 0 Å². The fourth-order valence-corrected chi connectivity index (χ4v) is 3.16. The molecule has 0 saturated heterocycles. The lowest BCUT2D eigenvalue weighted by molar-refractivity contribution is 0.283. The first-order valence-corrected chi connectivity index (χ1v) is 11.0. The summed E-state index contributed by atoms with van der Waals surface area (Å²) in [7, 11) is 0. The number of hydrogen-bond donors (Lipinski definition) is 2. The van der Waals surface area contributed by atoms with Gasteiger partial charge in [0.1, 0.15) is 0 Å². The van der Waals surface area contributed by atoms with Gasteiger partial charge in [-0.2, -0.15) is 0 Å². The highest BCUT2D eigenvalue weighted by atomic mass is 16.5. The van der Waals surface area contributed by atoms with Gasteiger partial charge in [0.05, 0.1) is 6.61 Å². The second kappa shape index (κ2) is 16.5. The number of rotatable bonds is 17. The molecular weight excluding hydrogens is 336 g/mol. The number of allylic oxidation sites excluding steroid dienone is 2. The Morgan fingerprint density at radius 1 is 0.741 bits per heavy atom. The Balaban J connectivity index is 1.84. The van der Waals surface area contributed by atoms with E-state index in [4.69, 9.17) is 4.74 Å². The molecule has 154 valence electrons. The van der Waals surface area contributed by atoms with E-state index < -0.39 is 0 Å². The number of benzene rings is 1. The smallest absolute Gasteiger partial charge is 0.200 e. The molecule has 0 unspecified atom stereocenters. The molecule has 3 heteroatoms. The van der Waals surface area contributed by atoms with Crippen molar-refractivity contribution in [3.63, 3.8) is 0 Å². The fourth-order valence-electron chi connectivity index (χ4n) is 3.16. The molecule has 0 aliphatic heterocycles. The SMILES string of the molecule is CCCCCCCC/C=C\CCCCCCCCOc1cccc(O)c1O. The second-order valence-electron chi connectivity index (χ2n) is 7.41. The first-order chi connectivity index (χ1) is 13.3. The van der Waals surface area contributed by atoms with Crippen molar-refractivity contribution in [1.82, 2.24) is 0 Å². The van der Waals surface area contributed by atoms with Gasteiger partial charge in [0.15, 0.2) is 11.5 Å². The summed E-state index contributed by atoms with van der Waals surface area (Å²) in [6.45, 7) is 2.85. The van der Waals surface area contributed by atoms with Crippen LogP contribution in [-0.2, 0) is 0 Å². The molecule has 0 aliphatic rings. The van der Waals surface area contributed by atoms with E-state index in [9.17, 15) is 10.2 Å². The zero-order valence-corrected chi connectivity index (χ0v) is 17.3. The van der Waals surface area contributed by atoms with Crippen LogP contribution < -0.4 is 4.74 Å². The van der Waals surface area contributed by atoms with Crippen molar-refractivity contribution < 1.29 is 14.9 Å². The number of phenolic OH excluding ortho intramolecular Hbond substituents is 2. The van der Waals surface area contributed by atoms with E-state index in [0.717, 1.165) is 12.8 Å². The number of phenols is 2. The van der Waals surface area contributed by atoms with E-state index in [1.807, 2.05) is 0 Å². The van der Waals surface area contributed by atoms with Crippen LogP contribution in [0.3, 0.4) is 0 Å². The first-order valence-electron chi connectivity index (χ1n) is 11.0. The Morgan fingerprint density at radius 3 is 1.93 bits per heavy atom. The average molecular weight is 377 g/mol. The molecule has 0 spiro atoms. The molecule has 0 heterocycles. The summed E-state index contributed by atoms with van der Waals surface area (Å²) in [4.78, 5) is 0. The number of aromatic hydroxyl groups is 2. The van der Waals surface area contributed by atoms with E-state index in [0.29, 0.717) is 12.4 Å². The molecule has 0 bridgehead atoms. The van der Waals surface area contributed by atoms with Gasteiger partial charge in [-0.15, -0.1) is 0 Å². The van der Waals surface area contributed by atoms with Crippen molar-refractivity contribution in [2.24, 2.45) is 0 Å². The zero-order valence-electron chi connectivity index (χ0n) is 17.3. The maximum Gasteiger partial charge on any atom is 0.200 e. The molecule has 3 nitrogen and oxygen atoms in total. The van der Waals surface area contributed by atoms with E-state index in [1.54, 1.807) is 12.1 Å². The van der Waals surface area contributed by atoms with Crippen molar-refractivity contribution in [2.75, 3.05) is 6.61 Å². The van der Waals surface area contributed by atoms with Crippen molar-refractivity contribution in [3.8, 4) is 17.2 Å². The van der Waals surface area contributed by atoms with E-state index in [1.165, 1.54) is 83.1 Å². The third kappa shape index (κ3) is 12.4. The highest BCUT2D eigenvalue weighted by Crippen LogP contribution is 2.34. The van der Waals surface area contributed by atoms with Gasteiger partial charge in [-0.3, -0.25) is 0 Å². The van der Waals surface area contributed by atoms with Gasteiger partial charge in [0.2, 0.25) is 5.75 Å². The Labute approximate surface area is 166 Å². The number of para-hydroxylation sites is 1. The molecule has 0 aromatic heterocycles. The summed E-state index contributed by atoms with van der Waals surface area (Å²) < 4.78 is 5.52. The molecule has 1 aromatic rings. The molecule has 0 aliphatic carbocycles. The maximum absolute atomic E-state index is 9.65. The minimum atomic E-state index is -0.165. The predicted molar refractivity (Wildman–Crippen MR) is 115 cm³/mol. The summed E-state index contributed by atoms with van der Waals surface area (Å²) in [6, 6.07) is 4.80. The molecule has 27 heavy (non-hydrogen) atoms. The third-order valence-corrected chi connectivity index (χ3v) is 4.89. The first kappa shape index (κ1) is 23.4. The van der Waals surface area contributed by atoms with Crippen LogP contribution >= 0.6 is 0 Å². The van der Waals surface area contributed by atoms with Crippen LogP contribution in [0, 0.1) is 0 Å². The van der Waals surface area contributed by atoms with Crippen LogP contribution in [0.2, 0.25) is 0 Å². The van der Waals surface area contributed by atoms with Gasteiger partial charge in [-0.25, -0.2) is 0 Å². The number of unbranched alkanes of at least 4 members (excludes halogenated alkanes) is 12. The minimum Gasteiger partial charge on any atom is -0.504 e. The summed E-state index contributed by atoms with van der Waals surface area (Å²) in [5.74, 6) is 0.0679. The van der Waals surface area contributed by atoms with Gasteiger partial charge in [0.25, 0.3) is 0 Å². The highest BCUT2D eigenvalue weighted by molar-refractivity contribution is 5.48. The van der Waals surface area contributed by atoms with Crippen LogP contribution in [0.1, 0.15) is 96.8 Å². The Bertz CT molecular complexity index is 496. The molecule has 0 radical (unpaired) electrons. The average Bonchev–Trinajstić information content (AvgIpc) is 2.67. The van der Waals surface area contributed by atoms with E-state index >= 15 is 0 Å². The predicted octanol–water partition coefficient (Wildman–Crippen LogP) is 7.51. The molecule has 2 N–H and O–H groups in total. The molecule has 1 aromatic carbocycles. The van der Waals surface area contributed by atoms with Crippen molar-refractivity contribution in [1.29, 1.82) is 0 Å². The largest absolute Gasteiger partial charge is 0.504 e. The number of hydrogen-bond acceptors (Lipinski definition) is 3. The maximum atomic E-state index is 9.65. The second-order valence-corrected chi connectivity index (χ2v) is 7.41. The summed E-state index contributed by atoms with van der Waals surface area (Å²) in [5, 5.41) is 19.1. The van der Waals surface area contributed by atoms with Gasteiger partial charge in [-0.05, 0) is 44.2 Å². The molecule has 1 rings (SSSR count). The molecule has 0 amide bonds. The van der Waals surface area contributed by atoms with Crippen LogP contribution in [0.4, 0.5) is 0 Å².